The van der Waals surface area contributed by atoms with E-state index in [1.807, 2.05) is 25.6 Å². The van der Waals surface area contributed by atoms with Crippen LogP contribution in [0.1, 0.15) is 40.0 Å². The monoisotopic (exact) mass is 274 g/mol. The van der Waals surface area contributed by atoms with Crippen LogP contribution >= 0.6 is 11.8 Å². The molecule has 0 saturated carbocycles. The van der Waals surface area contributed by atoms with Crippen LogP contribution in [0.2, 0.25) is 0 Å². The van der Waals surface area contributed by atoms with Gasteiger partial charge in [-0.15, -0.1) is 0 Å². The van der Waals surface area contributed by atoms with Gasteiger partial charge in [0.2, 0.25) is 5.91 Å². The summed E-state index contributed by atoms with van der Waals surface area (Å²) < 4.78 is 5.36. The third-order valence-electron chi connectivity index (χ3n) is 3.40. The van der Waals surface area contributed by atoms with Gasteiger partial charge in [-0.05, 0) is 32.7 Å². The van der Waals surface area contributed by atoms with Crippen LogP contribution in [-0.2, 0) is 9.53 Å². The number of hydrogen-bond donors (Lipinski definition) is 2. The molecule has 2 atom stereocenters. The van der Waals surface area contributed by atoms with Crippen molar-refractivity contribution < 1.29 is 9.53 Å². The highest BCUT2D eigenvalue weighted by Gasteiger charge is 2.32. The maximum absolute atomic E-state index is 11.6. The van der Waals surface area contributed by atoms with Gasteiger partial charge in [-0.25, -0.2) is 0 Å². The number of amides is 1. The average Bonchev–Trinajstić information content (AvgIpc) is 2.30. The first kappa shape index (κ1) is 15.8. The van der Waals surface area contributed by atoms with E-state index in [4.69, 9.17) is 10.5 Å². The van der Waals surface area contributed by atoms with Gasteiger partial charge < -0.3 is 15.8 Å². The Labute approximate surface area is 114 Å². The minimum Gasteiger partial charge on any atom is -0.381 e. The van der Waals surface area contributed by atoms with E-state index in [9.17, 15) is 4.79 Å². The molecule has 1 aliphatic rings. The summed E-state index contributed by atoms with van der Waals surface area (Å²) in [7, 11) is 0. The molecule has 1 heterocycles. The average molecular weight is 274 g/mol. The highest BCUT2D eigenvalue weighted by atomic mass is 32.2. The van der Waals surface area contributed by atoms with E-state index in [0.29, 0.717) is 10.5 Å². The fourth-order valence-electron chi connectivity index (χ4n) is 2.41. The van der Waals surface area contributed by atoms with Gasteiger partial charge >= 0.3 is 0 Å². The summed E-state index contributed by atoms with van der Waals surface area (Å²) in [4.78, 5) is 11.6. The predicted octanol–water partition coefficient (Wildman–Crippen LogP) is 1.53. The molecule has 0 spiro atoms. The summed E-state index contributed by atoms with van der Waals surface area (Å²) in [5.74, 6) is -0.260. The van der Waals surface area contributed by atoms with Crippen LogP contribution < -0.4 is 11.1 Å². The maximum atomic E-state index is 11.6. The van der Waals surface area contributed by atoms with Crippen molar-refractivity contribution in [2.45, 2.75) is 56.1 Å². The van der Waals surface area contributed by atoms with Crippen LogP contribution in [0.5, 0.6) is 0 Å². The predicted molar refractivity (Wildman–Crippen MR) is 76.8 cm³/mol. The molecule has 1 fully saturated rings. The zero-order valence-electron chi connectivity index (χ0n) is 11.7. The lowest BCUT2D eigenvalue weighted by atomic mass is 9.95. The number of primary amides is 1. The number of thioether (sulfide) groups is 1. The van der Waals surface area contributed by atoms with Crippen molar-refractivity contribution in [2.75, 3.05) is 19.8 Å². The molecule has 1 amide bonds. The van der Waals surface area contributed by atoms with E-state index in [2.05, 4.69) is 12.2 Å². The summed E-state index contributed by atoms with van der Waals surface area (Å²) in [6, 6.07) is 0. The molecule has 0 bridgehead atoms. The zero-order valence-corrected chi connectivity index (χ0v) is 12.5. The zero-order chi connectivity index (χ0) is 13.6. The molecule has 0 aromatic carbocycles. The Hall–Kier alpha value is -0.260. The normalized spacial score (nSPS) is 22.4. The molecule has 4 nitrogen and oxygen atoms in total. The van der Waals surface area contributed by atoms with Crippen LogP contribution in [-0.4, -0.2) is 41.7 Å². The number of likely N-dealkylation sites (N-methyl/N-ethyl adjacent to an activating group) is 1. The lowest BCUT2D eigenvalue weighted by molar-refractivity contribution is -0.124. The summed E-state index contributed by atoms with van der Waals surface area (Å²) >= 11 is 1.96. The van der Waals surface area contributed by atoms with Crippen LogP contribution in [0.15, 0.2) is 0 Å². The van der Waals surface area contributed by atoms with Crippen molar-refractivity contribution in [3.8, 4) is 0 Å². The Balaban J connectivity index is 2.45. The summed E-state index contributed by atoms with van der Waals surface area (Å²) in [6.45, 7) is 8.57. The summed E-state index contributed by atoms with van der Waals surface area (Å²) in [6.07, 6.45) is 3.01. The van der Waals surface area contributed by atoms with E-state index in [-0.39, 0.29) is 5.91 Å². The van der Waals surface area contributed by atoms with E-state index in [1.54, 1.807) is 0 Å². The largest absolute Gasteiger partial charge is 0.381 e. The van der Waals surface area contributed by atoms with Gasteiger partial charge in [-0.3, -0.25) is 4.79 Å². The van der Waals surface area contributed by atoms with Crippen molar-refractivity contribution in [3.63, 3.8) is 0 Å². The smallest absolute Gasteiger partial charge is 0.237 e. The first-order valence-corrected chi connectivity index (χ1v) is 7.70. The summed E-state index contributed by atoms with van der Waals surface area (Å²) in [5, 5.41) is 4.29. The highest BCUT2D eigenvalue weighted by Crippen LogP contribution is 2.30. The second-order valence-corrected chi connectivity index (χ2v) is 6.93. The second kappa shape index (κ2) is 7.36. The van der Waals surface area contributed by atoms with Crippen LogP contribution in [0, 0.1) is 0 Å². The minimum absolute atomic E-state index is 0.260. The Kier molecular flexibility index (Phi) is 6.46. The van der Waals surface area contributed by atoms with Crippen LogP contribution in [0.3, 0.4) is 0 Å². The summed E-state index contributed by atoms with van der Waals surface area (Å²) in [5.41, 5.74) is 4.92. The molecule has 0 aliphatic carbocycles. The number of nitrogens with two attached hydrogens (primary N) is 1. The van der Waals surface area contributed by atoms with E-state index in [1.165, 1.54) is 0 Å². The third kappa shape index (κ3) is 4.78. The number of carbonyl (C=O) groups is 1. The van der Waals surface area contributed by atoms with Gasteiger partial charge in [0.05, 0.1) is 5.54 Å². The fraction of sp³-hybridized carbons (Fsp3) is 0.923. The lowest BCUT2D eigenvalue weighted by Crippen LogP contribution is -2.54. The SMILES string of the molecule is CCNC(C)(CC(C)SC1CCOCC1)C(N)=O. The molecule has 3 N–H and O–H groups in total. The van der Waals surface area contributed by atoms with Gasteiger partial charge in [-0.1, -0.05) is 13.8 Å². The van der Waals surface area contributed by atoms with Gasteiger partial charge in [0.15, 0.2) is 0 Å². The molecule has 18 heavy (non-hydrogen) atoms. The van der Waals surface area contributed by atoms with Crippen molar-refractivity contribution in [1.29, 1.82) is 0 Å². The van der Waals surface area contributed by atoms with Gasteiger partial charge in [-0.2, -0.15) is 11.8 Å². The number of carbonyl (C=O) groups excluding carboxylic acids is 1. The Morgan fingerprint density at radius 1 is 1.56 bits per heavy atom. The van der Waals surface area contributed by atoms with E-state index in [0.717, 1.165) is 39.0 Å². The minimum atomic E-state index is -0.591. The van der Waals surface area contributed by atoms with Gasteiger partial charge in [0.1, 0.15) is 0 Å². The molecule has 106 valence electrons. The molecular weight excluding hydrogens is 248 g/mol. The molecule has 0 aromatic rings. The molecular formula is C13H26N2O2S. The molecule has 1 saturated heterocycles. The van der Waals surface area contributed by atoms with Crippen molar-refractivity contribution in [2.24, 2.45) is 5.73 Å². The molecule has 0 aromatic heterocycles. The van der Waals surface area contributed by atoms with Crippen LogP contribution in [0.4, 0.5) is 0 Å². The van der Waals surface area contributed by atoms with E-state index >= 15 is 0 Å². The van der Waals surface area contributed by atoms with Crippen molar-refractivity contribution >= 4 is 17.7 Å². The van der Waals surface area contributed by atoms with Crippen molar-refractivity contribution in [3.05, 3.63) is 0 Å². The number of ether oxygens (including phenoxy) is 1. The third-order valence-corrected chi connectivity index (χ3v) is 4.89. The molecule has 0 radical (unpaired) electrons. The highest BCUT2D eigenvalue weighted by molar-refractivity contribution is 8.00. The maximum Gasteiger partial charge on any atom is 0.237 e. The van der Waals surface area contributed by atoms with Gasteiger partial charge in [0, 0.05) is 23.7 Å². The number of rotatable bonds is 7. The molecule has 5 heteroatoms. The van der Waals surface area contributed by atoms with Crippen molar-refractivity contribution in [1.82, 2.24) is 5.32 Å². The molecule has 2 unspecified atom stereocenters. The quantitative estimate of drug-likeness (QED) is 0.739. The Bertz CT molecular complexity index is 270. The fourth-order valence-corrected chi connectivity index (χ4v) is 3.96. The van der Waals surface area contributed by atoms with E-state index < -0.39 is 5.54 Å². The standard InChI is InChI=1S/C13H26N2O2S/c1-4-15-13(3,12(14)16)9-10(2)18-11-5-7-17-8-6-11/h10-11,15H,4-9H2,1-3H3,(H2,14,16). The number of hydrogen-bond acceptors (Lipinski definition) is 4. The molecule has 1 rings (SSSR count). The van der Waals surface area contributed by atoms with Gasteiger partial charge in [0.25, 0.3) is 0 Å². The molecule has 1 aliphatic heterocycles. The first-order valence-electron chi connectivity index (χ1n) is 6.76. The first-order chi connectivity index (χ1) is 8.48. The lowest BCUT2D eigenvalue weighted by Gasteiger charge is -2.32. The number of nitrogens with one attached hydrogen (secondary N) is 1. The Morgan fingerprint density at radius 2 is 2.17 bits per heavy atom. The van der Waals surface area contributed by atoms with Crippen LogP contribution in [0.25, 0.3) is 0 Å². The Morgan fingerprint density at radius 3 is 2.67 bits per heavy atom. The second-order valence-electron chi connectivity index (χ2n) is 5.19. The topological polar surface area (TPSA) is 64.3 Å².